The number of halogens is 3. The van der Waals surface area contributed by atoms with Crippen LogP contribution in [0.15, 0.2) is 102 Å². The molecule has 450 valence electrons. The summed E-state index contributed by atoms with van der Waals surface area (Å²) in [4.78, 5) is 37.7. The van der Waals surface area contributed by atoms with Crippen molar-refractivity contribution in [2.75, 3.05) is 128 Å². The molecule has 1 fully saturated rings. The number of amides is 1. The molecule has 1 aliphatic heterocycles. The zero-order valence-electron chi connectivity index (χ0n) is 48.8. The molecule has 0 radical (unpaired) electrons. The van der Waals surface area contributed by atoms with E-state index in [4.69, 9.17) is 33.9 Å². The molecule has 0 spiro atoms. The Kier molecular flexibility index (Phi) is 23.3. The number of hydrogen-bond donors (Lipinski definition) is 5. The average molecular weight is 1180 g/mol. The maximum absolute atomic E-state index is 13.8. The van der Waals surface area contributed by atoms with E-state index in [1.807, 2.05) is 104 Å². The number of rotatable bonds is 31. The molecule has 1 unspecified atom stereocenters. The maximum atomic E-state index is 13.8. The summed E-state index contributed by atoms with van der Waals surface area (Å²) < 4.78 is 69.8. The minimum Gasteiger partial charge on any atom is -0.495 e. The number of likely N-dealkylation sites (N-methyl/N-ethyl adjacent to an activating group) is 1. The number of hydrogen-bond acceptors (Lipinski definition) is 17. The Morgan fingerprint density at radius 3 is 2.38 bits per heavy atom. The fraction of sp³-hybridized carbons (Fsp3) is 0.459. The molecule has 1 amide bonds. The SMILES string of the molecule is CCC(CO)Nc1nc(N(CC(=O)NCCOCCOCCOCCN(C)Sc2ccc(NCC#Cc3cc4c(NC5CCN(C)CC5)cccc4n3CC(F)(F)F)c(OC)c2)Cc2ccc(-c3ccccn3)cc2)c2ncn(C(C)C)c2n1. The van der Waals surface area contributed by atoms with Gasteiger partial charge in [-0.2, -0.15) is 23.1 Å². The number of aliphatic hydroxyl groups is 1. The Hall–Kier alpha value is -7.17. The van der Waals surface area contributed by atoms with Gasteiger partial charge in [0.2, 0.25) is 11.9 Å². The molecule has 1 aliphatic rings. The van der Waals surface area contributed by atoms with E-state index in [9.17, 15) is 23.1 Å². The van der Waals surface area contributed by atoms with Gasteiger partial charge in [-0.25, -0.2) is 9.29 Å². The topological polar surface area (TPSA) is 193 Å². The molecule has 19 nitrogen and oxygen atoms in total. The number of nitrogens with one attached hydrogen (secondary N) is 4. The summed E-state index contributed by atoms with van der Waals surface area (Å²) in [5, 5.41) is 23.8. The Bertz CT molecular complexity index is 3250. The van der Waals surface area contributed by atoms with Crippen molar-refractivity contribution in [3.63, 3.8) is 0 Å². The number of methoxy groups -OCH3 is 1. The minimum atomic E-state index is -4.42. The maximum Gasteiger partial charge on any atom is 0.406 e. The van der Waals surface area contributed by atoms with E-state index < -0.39 is 12.7 Å². The third kappa shape index (κ3) is 18.2. The van der Waals surface area contributed by atoms with Crippen LogP contribution in [0, 0.1) is 11.8 Å². The van der Waals surface area contributed by atoms with Gasteiger partial charge < -0.3 is 64.3 Å². The summed E-state index contributed by atoms with van der Waals surface area (Å²) in [6.07, 6.45) is 1.66. The van der Waals surface area contributed by atoms with Gasteiger partial charge >= 0.3 is 6.18 Å². The van der Waals surface area contributed by atoms with E-state index in [-0.39, 0.29) is 56.9 Å². The lowest BCUT2D eigenvalue weighted by Crippen LogP contribution is -2.39. The van der Waals surface area contributed by atoms with Crippen molar-refractivity contribution in [2.24, 2.45) is 0 Å². The third-order valence-electron chi connectivity index (χ3n) is 14.2. The molecule has 84 heavy (non-hydrogen) atoms. The van der Waals surface area contributed by atoms with E-state index >= 15 is 0 Å². The van der Waals surface area contributed by atoms with E-state index in [2.05, 4.69) is 54.3 Å². The van der Waals surface area contributed by atoms with Crippen LogP contribution in [-0.2, 0) is 32.1 Å². The van der Waals surface area contributed by atoms with Gasteiger partial charge in [0.05, 0.1) is 101 Å². The number of pyridine rings is 1. The number of carbonyl (C=O) groups is 1. The highest BCUT2D eigenvalue weighted by Crippen LogP contribution is 2.34. The van der Waals surface area contributed by atoms with Crippen molar-refractivity contribution < 1.29 is 42.0 Å². The van der Waals surface area contributed by atoms with Gasteiger partial charge in [0.25, 0.3) is 0 Å². The summed E-state index contributed by atoms with van der Waals surface area (Å²) in [5.41, 5.74) is 6.28. The number of anilines is 4. The summed E-state index contributed by atoms with van der Waals surface area (Å²) >= 11 is 1.54. The Morgan fingerprint density at radius 2 is 1.68 bits per heavy atom. The number of ether oxygens (including phenoxy) is 4. The fourth-order valence-corrected chi connectivity index (χ4v) is 10.4. The van der Waals surface area contributed by atoms with Gasteiger partial charge in [-0.1, -0.05) is 49.2 Å². The number of imidazole rings is 1. The third-order valence-corrected chi connectivity index (χ3v) is 15.1. The molecule has 3 aromatic carbocycles. The second kappa shape index (κ2) is 31.1. The Labute approximate surface area is 494 Å². The first-order valence-electron chi connectivity index (χ1n) is 28.5. The molecule has 1 atom stereocenters. The number of aliphatic hydroxyl groups excluding tert-OH is 1. The van der Waals surface area contributed by atoms with Crippen LogP contribution in [-0.4, -0.2) is 174 Å². The summed E-state index contributed by atoms with van der Waals surface area (Å²) in [6.45, 7) is 10.5. The first-order valence-corrected chi connectivity index (χ1v) is 29.3. The molecule has 0 aliphatic carbocycles. The highest BCUT2D eigenvalue weighted by atomic mass is 32.2. The molecule has 5 heterocycles. The average Bonchev–Trinajstić information content (AvgIpc) is 4.16. The van der Waals surface area contributed by atoms with Crippen molar-refractivity contribution >= 4 is 63.1 Å². The summed E-state index contributed by atoms with van der Waals surface area (Å²) in [6, 6.07) is 26.9. The lowest BCUT2D eigenvalue weighted by atomic mass is 10.0. The number of likely N-dealkylation sites (tertiary alicyclic amines) is 1. The van der Waals surface area contributed by atoms with Gasteiger partial charge in [-0.3, -0.25) is 9.78 Å². The lowest BCUT2D eigenvalue weighted by molar-refractivity contribution is -0.140. The lowest BCUT2D eigenvalue weighted by Gasteiger charge is -2.30. The number of aromatic nitrogens is 6. The first kappa shape index (κ1) is 62.9. The van der Waals surface area contributed by atoms with Crippen LogP contribution in [0.3, 0.4) is 0 Å². The number of alkyl halides is 3. The van der Waals surface area contributed by atoms with Crippen LogP contribution in [0.1, 0.15) is 57.3 Å². The van der Waals surface area contributed by atoms with Crippen molar-refractivity contribution in [1.82, 2.24) is 43.6 Å². The van der Waals surface area contributed by atoms with Crippen molar-refractivity contribution in [3.05, 3.63) is 109 Å². The molecule has 4 aromatic heterocycles. The fourth-order valence-electron chi connectivity index (χ4n) is 9.60. The van der Waals surface area contributed by atoms with Gasteiger partial charge in [-0.15, -0.1) is 0 Å². The largest absolute Gasteiger partial charge is 0.495 e. The highest BCUT2D eigenvalue weighted by molar-refractivity contribution is 7.97. The zero-order valence-corrected chi connectivity index (χ0v) is 49.6. The van der Waals surface area contributed by atoms with Gasteiger partial charge in [0, 0.05) is 59.4 Å². The predicted octanol–water partition coefficient (Wildman–Crippen LogP) is 8.96. The second-order valence-corrected chi connectivity index (χ2v) is 22.1. The monoisotopic (exact) mass is 1180 g/mol. The van der Waals surface area contributed by atoms with Gasteiger partial charge in [0.1, 0.15) is 12.3 Å². The Morgan fingerprint density at radius 1 is 0.917 bits per heavy atom. The Balaban J connectivity index is 0.741. The molecule has 1 saturated heterocycles. The number of carbonyl (C=O) groups excluding carboxylic acids is 1. The molecular formula is C61H78F3N13O6S. The molecule has 0 saturated carbocycles. The van der Waals surface area contributed by atoms with Crippen molar-refractivity contribution in [1.29, 1.82) is 0 Å². The van der Waals surface area contributed by atoms with Gasteiger partial charge in [0.15, 0.2) is 17.0 Å². The summed E-state index contributed by atoms with van der Waals surface area (Å²) in [7, 11) is 5.65. The molecule has 8 rings (SSSR count). The standard InChI is InChI=1S/C61H78F3N13O6S/c1-7-46(40-78)70-60-71-58(57-59(72-60)77(42-68-57)43(2)3)75(38-44-16-18-45(19-17-44)51-13-8-9-24-65-51)39-56(79)67-26-30-81-32-34-83-35-33-82-31-29-74(5)84-49-20-21-53(55(37-49)80-6)66-25-11-12-48-36-50-52(69-47-22-27-73(4)28-23-47)14-10-15-54(50)76(48)41-61(62,63)64/h8-10,13-21,24,36-37,42-43,46-47,66,69,78H,7,22-23,25-35,38-41H2,1-6H3,(H,67,79)(H,70,71,72). The predicted molar refractivity (Wildman–Crippen MR) is 326 cm³/mol. The van der Waals surface area contributed by atoms with Crippen LogP contribution in [0.25, 0.3) is 33.3 Å². The number of benzene rings is 3. The molecular weight excluding hydrogens is 1100 g/mol. The normalized spacial score (nSPS) is 13.6. The van der Waals surface area contributed by atoms with E-state index in [0.29, 0.717) is 98.1 Å². The molecule has 0 bridgehead atoms. The number of fused-ring (bicyclic) bond motifs is 2. The quantitative estimate of drug-likeness (QED) is 0.0157. The molecule has 7 aromatic rings. The minimum absolute atomic E-state index is 0.0223. The summed E-state index contributed by atoms with van der Waals surface area (Å²) in [5.74, 6) is 7.24. The second-order valence-electron chi connectivity index (χ2n) is 20.8. The highest BCUT2D eigenvalue weighted by Gasteiger charge is 2.30. The van der Waals surface area contributed by atoms with Crippen LogP contribution in [0.2, 0.25) is 0 Å². The van der Waals surface area contributed by atoms with Crippen LogP contribution in [0.5, 0.6) is 5.75 Å². The smallest absolute Gasteiger partial charge is 0.406 e. The molecule has 23 heteroatoms. The molecule has 5 N–H and O–H groups in total. The zero-order chi connectivity index (χ0) is 59.4. The van der Waals surface area contributed by atoms with Crippen molar-refractivity contribution in [3.8, 4) is 28.8 Å². The van der Waals surface area contributed by atoms with Gasteiger partial charge in [-0.05, 0) is 132 Å². The first-order chi connectivity index (χ1) is 40.7. The number of nitrogens with zero attached hydrogens (tertiary/aromatic N) is 9. The van der Waals surface area contributed by atoms with E-state index in [0.717, 1.165) is 58.7 Å². The van der Waals surface area contributed by atoms with Crippen LogP contribution >= 0.6 is 11.9 Å². The van der Waals surface area contributed by atoms with Crippen LogP contribution in [0.4, 0.5) is 36.3 Å². The number of piperidine rings is 1. The van der Waals surface area contributed by atoms with E-state index in [1.165, 1.54) is 16.5 Å². The van der Waals surface area contributed by atoms with Crippen molar-refractivity contribution in [2.45, 2.75) is 82.3 Å². The van der Waals surface area contributed by atoms with Crippen LogP contribution < -0.4 is 30.9 Å². The van der Waals surface area contributed by atoms with E-state index in [1.54, 1.807) is 37.8 Å².